The summed E-state index contributed by atoms with van der Waals surface area (Å²) in [5.74, 6) is 0. The summed E-state index contributed by atoms with van der Waals surface area (Å²) in [4.78, 5) is 0. The van der Waals surface area contributed by atoms with Gasteiger partial charge in [-0.25, -0.2) is 4.68 Å². The van der Waals surface area contributed by atoms with Crippen LogP contribution in [0.3, 0.4) is 0 Å². The van der Waals surface area contributed by atoms with Crippen LogP contribution in [0.1, 0.15) is 44.8 Å². The van der Waals surface area contributed by atoms with E-state index in [1.165, 1.54) is 0 Å². The number of nitrogens with one attached hydrogen (secondary N) is 1. The Hall–Kier alpha value is -1.68. The number of benzene rings is 1. The van der Waals surface area contributed by atoms with Crippen LogP contribution in [0.15, 0.2) is 36.5 Å². The standard InChI is InChI=1S/C15H22N4/c1-3-8-14(16-11-4-2)15-12-17-18-19(15)13-9-6-5-7-10-13/h5-7,9-10,12,14,16H,3-4,8,11H2,1-2H3. The second-order valence-corrected chi connectivity index (χ2v) is 4.70. The minimum Gasteiger partial charge on any atom is -0.309 e. The third-order valence-electron chi connectivity index (χ3n) is 3.15. The van der Waals surface area contributed by atoms with E-state index in [0.29, 0.717) is 6.04 Å². The molecule has 0 aliphatic carbocycles. The van der Waals surface area contributed by atoms with Crippen molar-refractivity contribution in [1.29, 1.82) is 0 Å². The molecule has 0 spiro atoms. The van der Waals surface area contributed by atoms with Crippen molar-refractivity contribution >= 4 is 0 Å². The highest BCUT2D eigenvalue weighted by Crippen LogP contribution is 2.20. The number of nitrogens with zero attached hydrogens (tertiary/aromatic N) is 3. The van der Waals surface area contributed by atoms with E-state index in [4.69, 9.17) is 0 Å². The van der Waals surface area contributed by atoms with E-state index < -0.39 is 0 Å². The fraction of sp³-hybridized carbons (Fsp3) is 0.467. The molecule has 1 unspecified atom stereocenters. The van der Waals surface area contributed by atoms with Crippen LogP contribution >= 0.6 is 0 Å². The Morgan fingerprint density at radius 2 is 1.95 bits per heavy atom. The van der Waals surface area contributed by atoms with Crippen LogP contribution in [-0.4, -0.2) is 21.5 Å². The summed E-state index contributed by atoms with van der Waals surface area (Å²) in [6.45, 7) is 5.41. The van der Waals surface area contributed by atoms with Crippen LogP contribution in [0.4, 0.5) is 0 Å². The second-order valence-electron chi connectivity index (χ2n) is 4.70. The molecule has 0 fully saturated rings. The van der Waals surface area contributed by atoms with Crippen molar-refractivity contribution in [3.63, 3.8) is 0 Å². The number of para-hydroxylation sites is 1. The maximum Gasteiger partial charge on any atom is 0.0815 e. The van der Waals surface area contributed by atoms with Gasteiger partial charge in [0.05, 0.1) is 23.6 Å². The summed E-state index contributed by atoms with van der Waals surface area (Å²) in [7, 11) is 0. The van der Waals surface area contributed by atoms with Gasteiger partial charge < -0.3 is 5.32 Å². The molecular weight excluding hydrogens is 236 g/mol. The molecule has 4 heteroatoms. The number of aromatic nitrogens is 3. The van der Waals surface area contributed by atoms with Gasteiger partial charge in [0.2, 0.25) is 0 Å². The Bertz CT molecular complexity index is 478. The van der Waals surface area contributed by atoms with Gasteiger partial charge in [-0.15, -0.1) is 5.10 Å². The number of hydrogen-bond donors (Lipinski definition) is 1. The van der Waals surface area contributed by atoms with Gasteiger partial charge in [-0.3, -0.25) is 0 Å². The lowest BCUT2D eigenvalue weighted by Crippen LogP contribution is -2.24. The largest absolute Gasteiger partial charge is 0.309 e. The molecule has 1 aromatic carbocycles. The van der Waals surface area contributed by atoms with E-state index in [0.717, 1.165) is 37.2 Å². The van der Waals surface area contributed by atoms with Crippen LogP contribution in [0.25, 0.3) is 5.69 Å². The van der Waals surface area contributed by atoms with Crippen LogP contribution in [0.2, 0.25) is 0 Å². The summed E-state index contributed by atoms with van der Waals surface area (Å²) in [5, 5.41) is 11.9. The zero-order valence-electron chi connectivity index (χ0n) is 11.7. The lowest BCUT2D eigenvalue weighted by Gasteiger charge is -2.18. The Kier molecular flexibility index (Phi) is 5.10. The first kappa shape index (κ1) is 13.7. The van der Waals surface area contributed by atoms with Gasteiger partial charge in [0.25, 0.3) is 0 Å². The maximum absolute atomic E-state index is 4.22. The Balaban J connectivity index is 2.26. The van der Waals surface area contributed by atoms with Crippen molar-refractivity contribution in [2.75, 3.05) is 6.54 Å². The third kappa shape index (κ3) is 3.41. The first-order valence-electron chi connectivity index (χ1n) is 7.06. The molecule has 0 aliphatic heterocycles. The summed E-state index contributed by atoms with van der Waals surface area (Å²) in [6, 6.07) is 10.5. The quantitative estimate of drug-likeness (QED) is 0.829. The molecule has 1 heterocycles. The maximum atomic E-state index is 4.22. The average Bonchev–Trinajstić information content (AvgIpc) is 2.93. The molecule has 0 saturated heterocycles. The van der Waals surface area contributed by atoms with E-state index in [2.05, 4.69) is 41.6 Å². The summed E-state index contributed by atoms with van der Waals surface area (Å²) in [5.41, 5.74) is 2.20. The highest BCUT2D eigenvalue weighted by molar-refractivity contribution is 5.32. The fourth-order valence-electron chi connectivity index (χ4n) is 2.21. The third-order valence-corrected chi connectivity index (χ3v) is 3.15. The smallest absolute Gasteiger partial charge is 0.0815 e. The minimum absolute atomic E-state index is 0.320. The predicted octanol–water partition coefficient (Wildman–Crippen LogP) is 3.11. The molecule has 19 heavy (non-hydrogen) atoms. The van der Waals surface area contributed by atoms with Gasteiger partial charge in [0.1, 0.15) is 0 Å². The molecule has 2 rings (SSSR count). The zero-order valence-corrected chi connectivity index (χ0v) is 11.7. The fourth-order valence-corrected chi connectivity index (χ4v) is 2.21. The molecule has 1 atom stereocenters. The highest BCUT2D eigenvalue weighted by atomic mass is 15.4. The Morgan fingerprint density at radius 3 is 2.63 bits per heavy atom. The van der Waals surface area contributed by atoms with Crippen molar-refractivity contribution in [3.05, 3.63) is 42.2 Å². The molecule has 4 nitrogen and oxygen atoms in total. The first-order chi connectivity index (χ1) is 9.36. The van der Waals surface area contributed by atoms with Gasteiger partial charge in [-0.05, 0) is 31.5 Å². The first-order valence-corrected chi connectivity index (χ1v) is 7.06. The average molecular weight is 258 g/mol. The van der Waals surface area contributed by atoms with Crippen LogP contribution in [-0.2, 0) is 0 Å². The van der Waals surface area contributed by atoms with Crippen molar-refractivity contribution in [1.82, 2.24) is 20.3 Å². The topological polar surface area (TPSA) is 42.7 Å². The van der Waals surface area contributed by atoms with E-state index in [1.54, 1.807) is 0 Å². The van der Waals surface area contributed by atoms with Gasteiger partial charge in [-0.2, -0.15) is 0 Å². The molecule has 0 radical (unpaired) electrons. The molecule has 1 N–H and O–H groups in total. The normalized spacial score (nSPS) is 12.5. The van der Waals surface area contributed by atoms with E-state index in [9.17, 15) is 0 Å². The van der Waals surface area contributed by atoms with E-state index in [1.807, 2.05) is 29.1 Å². The molecular formula is C15H22N4. The number of rotatable bonds is 7. The molecule has 0 bridgehead atoms. The molecule has 1 aromatic heterocycles. The molecule has 0 aliphatic rings. The van der Waals surface area contributed by atoms with Crippen LogP contribution in [0, 0.1) is 0 Å². The van der Waals surface area contributed by atoms with Crippen molar-refractivity contribution < 1.29 is 0 Å². The molecule has 102 valence electrons. The van der Waals surface area contributed by atoms with Gasteiger partial charge in [-0.1, -0.05) is 43.7 Å². The highest BCUT2D eigenvalue weighted by Gasteiger charge is 2.16. The molecule has 0 amide bonds. The van der Waals surface area contributed by atoms with Crippen molar-refractivity contribution in [2.45, 2.75) is 39.2 Å². The van der Waals surface area contributed by atoms with Crippen molar-refractivity contribution in [2.24, 2.45) is 0 Å². The lowest BCUT2D eigenvalue weighted by atomic mass is 10.1. The molecule has 0 saturated carbocycles. The summed E-state index contributed by atoms with van der Waals surface area (Å²) >= 11 is 0. The Morgan fingerprint density at radius 1 is 1.16 bits per heavy atom. The minimum atomic E-state index is 0.320. The zero-order chi connectivity index (χ0) is 13.5. The lowest BCUT2D eigenvalue weighted by molar-refractivity contribution is 0.473. The SMILES string of the molecule is CCCNC(CCC)c1cnnn1-c1ccccc1. The Labute approximate surface area is 114 Å². The summed E-state index contributed by atoms with van der Waals surface area (Å²) < 4.78 is 1.93. The van der Waals surface area contributed by atoms with Gasteiger partial charge >= 0.3 is 0 Å². The van der Waals surface area contributed by atoms with Crippen molar-refractivity contribution in [3.8, 4) is 5.69 Å². The van der Waals surface area contributed by atoms with Crippen LogP contribution < -0.4 is 5.32 Å². The predicted molar refractivity (Wildman–Crippen MR) is 77.3 cm³/mol. The van der Waals surface area contributed by atoms with E-state index >= 15 is 0 Å². The van der Waals surface area contributed by atoms with E-state index in [-0.39, 0.29) is 0 Å². The van der Waals surface area contributed by atoms with Crippen LogP contribution in [0.5, 0.6) is 0 Å². The molecule has 2 aromatic rings. The number of hydrogen-bond acceptors (Lipinski definition) is 3. The summed E-state index contributed by atoms with van der Waals surface area (Å²) in [6.07, 6.45) is 5.24. The monoisotopic (exact) mass is 258 g/mol. The second kappa shape index (κ2) is 7.04. The van der Waals surface area contributed by atoms with Gasteiger partial charge in [0.15, 0.2) is 0 Å². The van der Waals surface area contributed by atoms with Gasteiger partial charge in [0, 0.05) is 0 Å².